The summed E-state index contributed by atoms with van der Waals surface area (Å²) in [7, 11) is -1.78. The third-order valence-electron chi connectivity index (χ3n) is 3.57. The Bertz CT molecular complexity index is 481. The molecule has 1 aliphatic carbocycles. The fourth-order valence-electron chi connectivity index (χ4n) is 2.33. The number of aromatic nitrogens is 1. The van der Waals surface area contributed by atoms with Crippen molar-refractivity contribution in [3.63, 3.8) is 0 Å². The highest BCUT2D eigenvalue weighted by atomic mass is 32.2. The van der Waals surface area contributed by atoms with Crippen molar-refractivity contribution < 1.29 is 8.42 Å². The molecule has 0 aliphatic heterocycles. The van der Waals surface area contributed by atoms with Gasteiger partial charge in [0.15, 0.2) is 0 Å². The lowest BCUT2D eigenvalue weighted by Gasteiger charge is -2.32. The van der Waals surface area contributed by atoms with Gasteiger partial charge in [0.05, 0.1) is 0 Å². The smallest absolute Gasteiger partial charge is 0.244 e. The standard InChI is InChI=1S/C12H19N3O2S/c1-15(11-6-4-10(13)5-7-11)18(16,17)12-3-2-8-14-9-12/h2-3,8-11H,4-7,13H2,1H3. The number of nitrogens with zero attached hydrogens (tertiary/aromatic N) is 2. The van der Waals surface area contributed by atoms with Gasteiger partial charge in [-0.25, -0.2) is 8.42 Å². The Labute approximate surface area is 108 Å². The average molecular weight is 269 g/mol. The van der Waals surface area contributed by atoms with Crippen molar-refractivity contribution in [1.82, 2.24) is 9.29 Å². The summed E-state index contributed by atoms with van der Waals surface area (Å²) in [5.41, 5.74) is 5.84. The van der Waals surface area contributed by atoms with Crippen LogP contribution in [-0.4, -0.2) is 36.8 Å². The number of sulfonamides is 1. The van der Waals surface area contributed by atoms with E-state index in [1.54, 1.807) is 25.4 Å². The first-order chi connectivity index (χ1) is 8.51. The number of hydrogen-bond acceptors (Lipinski definition) is 4. The molecular formula is C12H19N3O2S. The highest BCUT2D eigenvalue weighted by molar-refractivity contribution is 7.89. The van der Waals surface area contributed by atoms with Crippen molar-refractivity contribution in [2.45, 2.75) is 42.7 Å². The van der Waals surface area contributed by atoms with E-state index in [0.717, 1.165) is 25.7 Å². The molecule has 1 saturated carbocycles. The number of rotatable bonds is 3. The van der Waals surface area contributed by atoms with E-state index in [4.69, 9.17) is 5.73 Å². The molecule has 1 aromatic heterocycles. The predicted octanol–water partition coefficient (Wildman–Crippen LogP) is 0.972. The van der Waals surface area contributed by atoms with Gasteiger partial charge in [0, 0.05) is 31.5 Å². The van der Waals surface area contributed by atoms with Gasteiger partial charge in [0.1, 0.15) is 4.90 Å². The maximum Gasteiger partial charge on any atom is 0.244 e. The second kappa shape index (κ2) is 5.34. The maximum atomic E-state index is 12.4. The molecule has 0 spiro atoms. The number of pyridine rings is 1. The first-order valence-corrected chi connectivity index (χ1v) is 7.59. The van der Waals surface area contributed by atoms with Crippen molar-refractivity contribution in [2.24, 2.45) is 5.73 Å². The van der Waals surface area contributed by atoms with E-state index < -0.39 is 10.0 Å². The molecule has 1 fully saturated rings. The Morgan fingerprint density at radius 3 is 2.56 bits per heavy atom. The quantitative estimate of drug-likeness (QED) is 0.887. The Balaban J connectivity index is 2.15. The summed E-state index contributed by atoms with van der Waals surface area (Å²) >= 11 is 0. The summed E-state index contributed by atoms with van der Waals surface area (Å²) in [5.74, 6) is 0. The minimum Gasteiger partial charge on any atom is -0.328 e. The molecule has 1 aromatic rings. The first kappa shape index (κ1) is 13.5. The third kappa shape index (κ3) is 2.71. The fourth-order valence-corrected chi connectivity index (χ4v) is 3.71. The predicted molar refractivity (Wildman–Crippen MR) is 69.4 cm³/mol. The van der Waals surface area contributed by atoms with Crippen LogP contribution in [0.3, 0.4) is 0 Å². The van der Waals surface area contributed by atoms with Gasteiger partial charge >= 0.3 is 0 Å². The van der Waals surface area contributed by atoms with Gasteiger partial charge in [0.2, 0.25) is 10.0 Å². The molecule has 0 amide bonds. The van der Waals surface area contributed by atoms with E-state index in [9.17, 15) is 8.42 Å². The molecule has 0 saturated heterocycles. The topological polar surface area (TPSA) is 76.3 Å². The van der Waals surface area contributed by atoms with Crippen LogP contribution in [0.2, 0.25) is 0 Å². The summed E-state index contributed by atoms with van der Waals surface area (Å²) in [6, 6.07) is 3.48. The molecule has 100 valence electrons. The van der Waals surface area contributed by atoms with E-state index >= 15 is 0 Å². The molecule has 0 radical (unpaired) electrons. The van der Waals surface area contributed by atoms with E-state index in [1.165, 1.54) is 10.5 Å². The molecule has 1 heterocycles. The van der Waals surface area contributed by atoms with Gasteiger partial charge < -0.3 is 5.73 Å². The molecule has 2 N–H and O–H groups in total. The normalized spacial score (nSPS) is 25.3. The monoisotopic (exact) mass is 269 g/mol. The molecule has 0 aromatic carbocycles. The molecule has 6 heteroatoms. The summed E-state index contributed by atoms with van der Waals surface area (Å²) in [5, 5.41) is 0. The van der Waals surface area contributed by atoms with Gasteiger partial charge in [-0.1, -0.05) is 0 Å². The van der Waals surface area contributed by atoms with Crippen molar-refractivity contribution in [1.29, 1.82) is 0 Å². The van der Waals surface area contributed by atoms with E-state index in [-0.39, 0.29) is 17.0 Å². The van der Waals surface area contributed by atoms with Crippen molar-refractivity contribution in [2.75, 3.05) is 7.05 Å². The largest absolute Gasteiger partial charge is 0.328 e. The molecule has 0 unspecified atom stereocenters. The van der Waals surface area contributed by atoms with Crippen LogP contribution in [0.25, 0.3) is 0 Å². The Kier molecular flexibility index (Phi) is 3.99. The molecule has 2 rings (SSSR count). The highest BCUT2D eigenvalue weighted by Crippen LogP contribution is 2.25. The Hall–Kier alpha value is -0.980. The maximum absolute atomic E-state index is 12.4. The molecule has 0 bridgehead atoms. The van der Waals surface area contributed by atoms with Crippen molar-refractivity contribution in [3.05, 3.63) is 24.5 Å². The van der Waals surface area contributed by atoms with Gasteiger partial charge in [-0.15, -0.1) is 0 Å². The van der Waals surface area contributed by atoms with Crippen LogP contribution in [0.4, 0.5) is 0 Å². The first-order valence-electron chi connectivity index (χ1n) is 6.15. The van der Waals surface area contributed by atoms with Gasteiger partial charge in [-0.3, -0.25) is 4.98 Å². The zero-order valence-electron chi connectivity index (χ0n) is 10.5. The van der Waals surface area contributed by atoms with Crippen LogP contribution in [0.5, 0.6) is 0 Å². The molecule has 5 nitrogen and oxygen atoms in total. The summed E-state index contributed by atoms with van der Waals surface area (Å²) in [6.07, 6.45) is 6.39. The molecule has 1 aliphatic rings. The zero-order valence-corrected chi connectivity index (χ0v) is 11.3. The van der Waals surface area contributed by atoms with E-state index in [0.29, 0.717) is 0 Å². The van der Waals surface area contributed by atoms with Crippen molar-refractivity contribution >= 4 is 10.0 Å². The Morgan fingerprint density at radius 2 is 2.00 bits per heavy atom. The minimum atomic E-state index is -3.43. The van der Waals surface area contributed by atoms with Crippen LogP contribution in [-0.2, 0) is 10.0 Å². The van der Waals surface area contributed by atoms with Crippen LogP contribution in [0, 0.1) is 0 Å². The molecule has 18 heavy (non-hydrogen) atoms. The second-order valence-electron chi connectivity index (χ2n) is 4.78. The fraction of sp³-hybridized carbons (Fsp3) is 0.583. The summed E-state index contributed by atoms with van der Waals surface area (Å²) in [6.45, 7) is 0. The summed E-state index contributed by atoms with van der Waals surface area (Å²) in [4.78, 5) is 4.12. The van der Waals surface area contributed by atoms with Crippen LogP contribution >= 0.6 is 0 Å². The lowest BCUT2D eigenvalue weighted by atomic mass is 9.92. The SMILES string of the molecule is CN(C1CCC(N)CC1)S(=O)(=O)c1cccnc1. The number of hydrogen-bond donors (Lipinski definition) is 1. The van der Waals surface area contributed by atoms with Crippen LogP contribution < -0.4 is 5.73 Å². The van der Waals surface area contributed by atoms with Gasteiger partial charge in [-0.2, -0.15) is 4.31 Å². The third-order valence-corrected chi connectivity index (χ3v) is 5.46. The Morgan fingerprint density at radius 1 is 1.33 bits per heavy atom. The zero-order chi connectivity index (χ0) is 13.2. The average Bonchev–Trinajstić information content (AvgIpc) is 2.40. The summed E-state index contributed by atoms with van der Waals surface area (Å²) < 4.78 is 26.2. The molecule has 0 atom stereocenters. The van der Waals surface area contributed by atoms with Gasteiger partial charge in [-0.05, 0) is 37.8 Å². The van der Waals surface area contributed by atoms with Crippen LogP contribution in [0.15, 0.2) is 29.4 Å². The molecular weight excluding hydrogens is 250 g/mol. The van der Waals surface area contributed by atoms with E-state index in [2.05, 4.69) is 4.98 Å². The van der Waals surface area contributed by atoms with E-state index in [1.807, 2.05) is 0 Å². The second-order valence-corrected chi connectivity index (χ2v) is 6.78. The number of nitrogens with two attached hydrogens (primary N) is 1. The van der Waals surface area contributed by atoms with Crippen molar-refractivity contribution in [3.8, 4) is 0 Å². The lowest BCUT2D eigenvalue weighted by molar-refractivity contribution is 0.268. The highest BCUT2D eigenvalue weighted by Gasteiger charge is 2.30. The minimum absolute atomic E-state index is 0.0509. The lowest BCUT2D eigenvalue weighted by Crippen LogP contribution is -2.41. The van der Waals surface area contributed by atoms with Crippen LogP contribution in [0.1, 0.15) is 25.7 Å². The van der Waals surface area contributed by atoms with Gasteiger partial charge in [0.25, 0.3) is 0 Å².